The van der Waals surface area contributed by atoms with Crippen molar-refractivity contribution in [2.45, 2.75) is 0 Å². The van der Waals surface area contributed by atoms with Crippen molar-refractivity contribution in [3.8, 4) is 0 Å². The van der Waals surface area contributed by atoms with Crippen LogP contribution in [0.2, 0.25) is 0 Å². The van der Waals surface area contributed by atoms with Crippen LogP contribution in [0.25, 0.3) is 9.40 Å². The van der Waals surface area contributed by atoms with Gasteiger partial charge in [0.25, 0.3) is 0 Å². The van der Waals surface area contributed by atoms with Gasteiger partial charge in [-0.2, -0.15) is 0 Å². The lowest BCUT2D eigenvalue weighted by Gasteiger charge is -1.63. The predicted molar refractivity (Wildman–Crippen MR) is 39.7 cm³/mol. The summed E-state index contributed by atoms with van der Waals surface area (Å²) in [7, 11) is 0. The van der Waals surface area contributed by atoms with E-state index in [1.165, 1.54) is 0 Å². The van der Waals surface area contributed by atoms with Gasteiger partial charge in [-0.1, -0.05) is 0 Å². The number of hydrogen-bond donors (Lipinski definition) is 0. The Bertz CT molecular complexity index is 400. The minimum Gasteiger partial charge on any atom is -0.143 e. The molecule has 0 spiro atoms. The molecule has 2 heterocycles. The highest BCUT2D eigenvalue weighted by Gasteiger charge is 1.90. The van der Waals surface area contributed by atoms with Gasteiger partial charge in [-0.25, -0.2) is 0 Å². The maximum absolute atomic E-state index is 7.44. The topological polar surface area (TPSA) is 0 Å². The molecule has 0 N–H and O–H groups in total. The van der Waals surface area contributed by atoms with Crippen molar-refractivity contribution in [2.24, 2.45) is 0 Å². The van der Waals surface area contributed by atoms with E-state index in [4.69, 9.17) is 5.48 Å². The fraction of sp³-hybridized carbons (Fsp3) is 0. The summed E-state index contributed by atoms with van der Waals surface area (Å²) < 4.78 is 30.8. The molecular weight excluding hydrogens is 136 g/mol. The average molecular weight is 144 g/mol. The second kappa shape index (κ2) is 1.57. The molecule has 0 aliphatic carbocycles. The molecule has 0 amide bonds. The first-order chi connectivity index (χ1) is 5.61. The first-order valence-corrected chi connectivity index (χ1v) is 3.70. The molecule has 0 saturated carbocycles. The van der Waals surface area contributed by atoms with Crippen molar-refractivity contribution in [3.63, 3.8) is 0 Å². The standard InChI is InChI=1S/C6H4S2/c1-3-7-6-2-4-8-5(1)6/h1-4H/i1D,2D,3D,4D. The van der Waals surface area contributed by atoms with Crippen molar-refractivity contribution in [1.29, 1.82) is 0 Å². The van der Waals surface area contributed by atoms with Gasteiger partial charge in [0.2, 0.25) is 0 Å². The Morgan fingerprint density at radius 3 is 2.12 bits per heavy atom. The van der Waals surface area contributed by atoms with Gasteiger partial charge < -0.3 is 0 Å². The highest BCUT2D eigenvalue weighted by Crippen LogP contribution is 2.25. The van der Waals surface area contributed by atoms with Crippen molar-refractivity contribution < 1.29 is 5.48 Å². The summed E-state index contributed by atoms with van der Waals surface area (Å²) in [5.74, 6) is 0. The lowest BCUT2D eigenvalue weighted by molar-refractivity contribution is 2.24. The quantitative estimate of drug-likeness (QED) is 0.533. The fourth-order valence-electron chi connectivity index (χ4n) is 0.503. The molecule has 0 nitrogen and oxygen atoms in total. The first kappa shape index (κ1) is 2.12. The van der Waals surface area contributed by atoms with E-state index < -0.39 is 0 Å². The molecule has 40 valence electrons. The summed E-state index contributed by atoms with van der Waals surface area (Å²) >= 11 is 2.22. The number of hydrogen-bond acceptors (Lipinski definition) is 2. The Hall–Kier alpha value is -0.340. The third kappa shape index (κ3) is 0.501. The normalized spacial score (nSPS) is 17.5. The first-order valence-electron chi connectivity index (χ1n) is 4.07. The van der Waals surface area contributed by atoms with E-state index in [1.54, 1.807) is 0 Å². The Labute approximate surface area is 61.0 Å². The molecule has 0 radical (unpaired) electrons. The van der Waals surface area contributed by atoms with E-state index >= 15 is 0 Å². The largest absolute Gasteiger partial charge is 0.143 e. The van der Waals surface area contributed by atoms with Crippen molar-refractivity contribution >= 4 is 32.1 Å². The number of thiophene rings is 2. The van der Waals surface area contributed by atoms with Gasteiger partial charge in [-0.3, -0.25) is 0 Å². The van der Waals surface area contributed by atoms with Gasteiger partial charge in [0.05, 0.1) is 5.48 Å². The van der Waals surface area contributed by atoms with Crippen LogP contribution in [-0.2, 0) is 0 Å². The van der Waals surface area contributed by atoms with E-state index in [1.807, 2.05) is 0 Å². The minimum atomic E-state index is 0.159. The molecule has 0 saturated heterocycles. The molecule has 0 bridgehead atoms. The third-order valence-corrected chi connectivity index (χ3v) is 2.40. The van der Waals surface area contributed by atoms with Gasteiger partial charge >= 0.3 is 0 Å². The maximum atomic E-state index is 7.44. The van der Waals surface area contributed by atoms with Gasteiger partial charge in [0.1, 0.15) is 0 Å². The van der Waals surface area contributed by atoms with Gasteiger partial charge in [-0.15, -0.1) is 22.7 Å². The van der Waals surface area contributed by atoms with Crippen LogP contribution in [0.15, 0.2) is 22.8 Å². The molecule has 0 atom stereocenters. The lowest BCUT2D eigenvalue weighted by atomic mass is 10.5. The van der Waals surface area contributed by atoms with Crippen LogP contribution >= 0.6 is 22.7 Å². The minimum absolute atomic E-state index is 0.159. The lowest BCUT2D eigenvalue weighted by Crippen LogP contribution is -1.33. The molecule has 2 aromatic rings. The van der Waals surface area contributed by atoms with Crippen molar-refractivity contribution in [1.82, 2.24) is 0 Å². The SMILES string of the molecule is [2H]c1sc2c([2H])c([2H])sc2c1[2H]. The van der Waals surface area contributed by atoms with Crippen molar-refractivity contribution in [3.05, 3.63) is 22.8 Å². The van der Waals surface area contributed by atoms with Gasteiger partial charge in [-0.05, 0) is 22.8 Å². The molecule has 8 heavy (non-hydrogen) atoms. The zero-order valence-corrected chi connectivity index (χ0v) is 5.45. The number of fused-ring (bicyclic) bond motifs is 1. The Morgan fingerprint density at radius 2 is 1.62 bits per heavy atom. The molecule has 2 heteroatoms. The molecule has 2 rings (SSSR count). The highest BCUT2D eigenvalue weighted by molar-refractivity contribution is 7.25. The van der Waals surface area contributed by atoms with Crippen LogP contribution in [0.5, 0.6) is 0 Å². The Morgan fingerprint density at radius 1 is 1.12 bits per heavy atom. The van der Waals surface area contributed by atoms with E-state index in [-0.39, 0.29) is 22.8 Å². The van der Waals surface area contributed by atoms with E-state index in [2.05, 4.69) is 0 Å². The molecule has 0 aliphatic rings. The summed E-state index contributed by atoms with van der Waals surface area (Å²) in [4.78, 5) is 0. The van der Waals surface area contributed by atoms with Crippen LogP contribution in [0.3, 0.4) is 0 Å². The fourth-order valence-corrected chi connectivity index (χ4v) is 1.88. The summed E-state index contributed by atoms with van der Waals surface area (Å²) in [6.07, 6.45) is 0. The zero-order chi connectivity index (χ0) is 8.88. The summed E-state index contributed by atoms with van der Waals surface area (Å²) in [5.41, 5.74) is 0. The molecule has 0 unspecified atom stereocenters. The Kier molecular flexibility index (Phi) is 0.416. The predicted octanol–water partition coefficient (Wildman–Crippen LogP) is 2.96. The zero-order valence-electron chi connectivity index (χ0n) is 7.82. The summed E-state index contributed by atoms with van der Waals surface area (Å²) in [6, 6.07) is 0.319. The second-order valence-corrected chi connectivity index (χ2v) is 2.95. The third-order valence-electron chi connectivity index (χ3n) is 0.842. The molecule has 0 aromatic carbocycles. The average Bonchev–Trinajstić information content (AvgIpc) is 2.43. The van der Waals surface area contributed by atoms with Crippen molar-refractivity contribution in [2.75, 3.05) is 0 Å². The van der Waals surface area contributed by atoms with E-state index in [0.717, 1.165) is 22.7 Å². The van der Waals surface area contributed by atoms with Crippen LogP contribution in [0.4, 0.5) is 0 Å². The monoisotopic (exact) mass is 144 g/mol. The van der Waals surface area contributed by atoms with Crippen LogP contribution < -0.4 is 0 Å². The van der Waals surface area contributed by atoms with Gasteiger partial charge in [0.15, 0.2) is 0 Å². The van der Waals surface area contributed by atoms with E-state index in [0.29, 0.717) is 9.40 Å². The van der Waals surface area contributed by atoms with E-state index in [9.17, 15) is 0 Å². The highest BCUT2D eigenvalue weighted by atomic mass is 32.1. The smallest absolute Gasteiger partial charge is 0.0740 e. The van der Waals surface area contributed by atoms with Crippen LogP contribution in [0, 0.1) is 0 Å². The van der Waals surface area contributed by atoms with Crippen LogP contribution in [-0.4, -0.2) is 0 Å². The molecule has 2 aromatic heterocycles. The second-order valence-electron chi connectivity index (χ2n) is 1.32. The van der Waals surface area contributed by atoms with Gasteiger partial charge in [0, 0.05) is 9.40 Å². The molecule has 0 aliphatic heterocycles. The summed E-state index contributed by atoms with van der Waals surface area (Å²) in [6.45, 7) is 0. The molecule has 0 fully saturated rings. The summed E-state index contributed by atoms with van der Waals surface area (Å²) in [5, 5.41) is 0.370. The molecular formula is C6H4S2. The maximum Gasteiger partial charge on any atom is 0.0740 e. The number of rotatable bonds is 0. The Balaban J connectivity index is 2.93. The van der Waals surface area contributed by atoms with Crippen LogP contribution in [0.1, 0.15) is 5.48 Å².